The van der Waals surface area contributed by atoms with Gasteiger partial charge in [0, 0.05) is 13.1 Å². The Labute approximate surface area is 147 Å². The normalized spacial score (nSPS) is 15.0. The highest BCUT2D eigenvalue weighted by Crippen LogP contribution is 2.14. The monoisotopic (exact) mass is 370 g/mol. The molecular formula is C16H22N2O6S. The van der Waals surface area contributed by atoms with Crippen LogP contribution in [0, 0.1) is 13.8 Å². The Balaban J connectivity index is 1.82. The van der Waals surface area contributed by atoms with Crippen molar-refractivity contribution in [1.29, 1.82) is 0 Å². The summed E-state index contributed by atoms with van der Waals surface area (Å²) in [4.78, 5) is 25.1. The van der Waals surface area contributed by atoms with Gasteiger partial charge < -0.3 is 14.4 Å². The number of carbonyl (C=O) groups excluding carboxylic acids is 2. The zero-order valence-corrected chi connectivity index (χ0v) is 15.1. The van der Waals surface area contributed by atoms with Crippen LogP contribution >= 0.6 is 0 Å². The first kappa shape index (κ1) is 19.4. The molecule has 0 saturated carbocycles. The molecular weight excluding hydrogens is 348 g/mol. The van der Waals surface area contributed by atoms with Gasteiger partial charge in [-0.25, -0.2) is 8.42 Å². The third-order valence-corrected chi connectivity index (χ3v) is 5.31. The molecule has 138 valence electrons. The van der Waals surface area contributed by atoms with E-state index in [-0.39, 0.29) is 10.8 Å². The lowest BCUT2D eigenvalue weighted by molar-refractivity contribution is -0.152. The quantitative estimate of drug-likeness (QED) is 0.707. The van der Waals surface area contributed by atoms with Gasteiger partial charge in [0.1, 0.15) is 6.54 Å². The van der Waals surface area contributed by atoms with Gasteiger partial charge in [0.05, 0.1) is 18.1 Å². The first-order chi connectivity index (χ1) is 11.8. The molecule has 0 spiro atoms. The Kier molecular flexibility index (Phi) is 6.51. The smallest absolute Gasteiger partial charge is 0.321 e. The van der Waals surface area contributed by atoms with Crippen molar-refractivity contribution in [2.24, 2.45) is 0 Å². The minimum absolute atomic E-state index is 0.0767. The lowest BCUT2D eigenvalue weighted by Crippen LogP contribution is -2.43. The van der Waals surface area contributed by atoms with Crippen molar-refractivity contribution in [2.45, 2.75) is 18.7 Å². The number of rotatable bonds is 6. The second-order valence-corrected chi connectivity index (χ2v) is 7.49. The number of morpholine rings is 1. The third-order valence-electron chi connectivity index (χ3n) is 3.92. The van der Waals surface area contributed by atoms with Crippen molar-refractivity contribution in [2.75, 3.05) is 39.5 Å². The van der Waals surface area contributed by atoms with Crippen LogP contribution in [0.1, 0.15) is 11.1 Å². The molecule has 0 radical (unpaired) electrons. The van der Waals surface area contributed by atoms with E-state index < -0.39 is 29.1 Å². The lowest BCUT2D eigenvalue weighted by Gasteiger charge is -2.26. The fourth-order valence-electron chi connectivity index (χ4n) is 2.22. The van der Waals surface area contributed by atoms with Crippen LogP contribution < -0.4 is 4.72 Å². The standard InChI is InChI=1S/C16H22N2O6S/c1-12-3-4-14(9-13(12)2)25(21,22)17-10-16(20)24-11-15(19)18-5-7-23-8-6-18/h3-4,9,17H,5-8,10-11H2,1-2H3. The molecule has 1 N–H and O–H groups in total. The number of nitrogens with zero attached hydrogens (tertiary/aromatic N) is 1. The summed E-state index contributed by atoms with van der Waals surface area (Å²) in [6, 6.07) is 4.70. The van der Waals surface area contributed by atoms with Gasteiger partial charge in [-0.3, -0.25) is 9.59 Å². The summed E-state index contributed by atoms with van der Waals surface area (Å²) in [7, 11) is -3.82. The highest BCUT2D eigenvalue weighted by atomic mass is 32.2. The lowest BCUT2D eigenvalue weighted by atomic mass is 10.1. The summed E-state index contributed by atoms with van der Waals surface area (Å²) in [5.74, 6) is -1.14. The first-order valence-corrected chi connectivity index (χ1v) is 9.36. The maximum Gasteiger partial charge on any atom is 0.321 e. The second kappa shape index (κ2) is 8.41. The van der Waals surface area contributed by atoms with Crippen molar-refractivity contribution < 1.29 is 27.5 Å². The minimum Gasteiger partial charge on any atom is -0.455 e. The summed E-state index contributed by atoms with van der Waals surface area (Å²) in [5, 5.41) is 0. The molecule has 0 unspecified atom stereocenters. The minimum atomic E-state index is -3.82. The summed E-state index contributed by atoms with van der Waals surface area (Å²) in [6.45, 7) is 4.55. The fourth-order valence-corrected chi connectivity index (χ4v) is 3.27. The molecule has 0 bridgehead atoms. The van der Waals surface area contributed by atoms with Crippen molar-refractivity contribution >= 4 is 21.9 Å². The maximum absolute atomic E-state index is 12.2. The van der Waals surface area contributed by atoms with Crippen LogP contribution in [0.2, 0.25) is 0 Å². The van der Waals surface area contributed by atoms with E-state index in [9.17, 15) is 18.0 Å². The number of esters is 1. The zero-order valence-electron chi connectivity index (χ0n) is 14.3. The van der Waals surface area contributed by atoms with E-state index in [1.807, 2.05) is 6.92 Å². The van der Waals surface area contributed by atoms with Crippen molar-refractivity contribution in [1.82, 2.24) is 9.62 Å². The van der Waals surface area contributed by atoms with Gasteiger partial charge in [0.2, 0.25) is 10.0 Å². The van der Waals surface area contributed by atoms with Gasteiger partial charge in [-0.05, 0) is 37.1 Å². The average molecular weight is 370 g/mol. The molecule has 1 aliphatic heterocycles. The molecule has 1 aliphatic rings. The fraction of sp³-hybridized carbons (Fsp3) is 0.500. The molecule has 0 aromatic heterocycles. The summed E-state index contributed by atoms with van der Waals surface area (Å²) >= 11 is 0. The van der Waals surface area contributed by atoms with Gasteiger partial charge in [-0.15, -0.1) is 0 Å². The zero-order chi connectivity index (χ0) is 18.4. The van der Waals surface area contributed by atoms with Crippen LogP contribution in [0.5, 0.6) is 0 Å². The summed E-state index contributed by atoms with van der Waals surface area (Å²) in [6.07, 6.45) is 0. The second-order valence-electron chi connectivity index (χ2n) is 5.72. The van der Waals surface area contributed by atoms with Crippen LogP contribution in [0.4, 0.5) is 0 Å². The Hall–Kier alpha value is -1.97. The summed E-state index contributed by atoms with van der Waals surface area (Å²) in [5.41, 5.74) is 1.81. The van der Waals surface area contributed by atoms with Crippen LogP contribution in [0.15, 0.2) is 23.1 Å². The number of benzene rings is 1. The molecule has 1 aromatic rings. The highest BCUT2D eigenvalue weighted by molar-refractivity contribution is 7.89. The van der Waals surface area contributed by atoms with Gasteiger partial charge in [-0.1, -0.05) is 6.07 Å². The molecule has 2 rings (SSSR count). The number of hydrogen-bond acceptors (Lipinski definition) is 6. The van der Waals surface area contributed by atoms with Gasteiger partial charge in [-0.2, -0.15) is 4.72 Å². The van der Waals surface area contributed by atoms with Gasteiger partial charge in [0.25, 0.3) is 5.91 Å². The van der Waals surface area contributed by atoms with Gasteiger partial charge >= 0.3 is 5.97 Å². The SMILES string of the molecule is Cc1ccc(S(=O)(=O)NCC(=O)OCC(=O)N2CCOCC2)cc1C. The Morgan fingerprint density at radius 1 is 1.20 bits per heavy atom. The molecule has 1 aromatic carbocycles. The van der Waals surface area contributed by atoms with Gasteiger partial charge in [0.15, 0.2) is 6.61 Å². The predicted octanol–water partition coefficient (Wildman–Crippen LogP) is -0.0163. The van der Waals surface area contributed by atoms with E-state index in [0.29, 0.717) is 26.3 Å². The van der Waals surface area contributed by atoms with E-state index in [1.165, 1.54) is 17.0 Å². The first-order valence-electron chi connectivity index (χ1n) is 7.87. The van der Waals surface area contributed by atoms with Crippen molar-refractivity contribution in [3.8, 4) is 0 Å². The number of amides is 1. The molecule has 9 heteroatoms. The van der Waals surface area contributed by atoms with Crippen LogP contribution in [0.3, 0.4) is 0 Å². The molecule has 1 heterocycles. The number of carbonyl (C=O) groups is 2. The third kappa shape index (κ3) is 5.52. The molecule has 0 aliphatic carbocycles. The molecule has 1 saturated heterocycles. The Morgan fingerprint density at radius 2 is 1.88 bits per heavy atom. The largest absolute Gasteiger partial charge is 0.455 e. The molecule has 0 atom stereocenters. The number of sulfonamides is 1. The Morgan fingerprint density at radius 3 is 2.52 bits per heavy atom. The van der Waals surface area contributed by atoms with Crippen LogP contribution in [-0.4, -0.2) is 64.6 Å². The van der Waals surface area contributed by atoms with E-state index >= 15 is 0 Å². The highest BCUT2D eigenvalue weighted by Gasteiger charge is 2.20. The van der Waals surface area contributed by atoms with Crippen molar-refractivity contribution in [3.63, 3.8) is 0 Å². The van der Waals surface area contributed by atoms with E-state index in [2.05, 4.69) is 4.72 Å². The molecule has 1 fully saturated rings. The van der Waals surface area contributed by atoms with Crippen molar-refractivity contribution in [3.05, 3.63) is 29.3 Å². The van der Waals surface area contributed by atoms with E-state index in [0.717, 1.165) is 11.1 Å². The molecule has 1 amide bonds. The Bertz CT molecular complexity index is 741. The van der Waals surface area contributed by atoms with Crippen LogP contribution in [-0.2, 0) is 29.1 Å². The average Bonchev–Trinajstić information content (AvgIpc) is 2.61. The number of ether oxygens (including phenoxy) is 2. The van der Waals surface area contributed by atoms with Crippen LogP contribution in [0.25, 0.3) is 0 Å². The maximum atomic E-state index is 12.2. The van der Waals surface area contributed by atoms with E-state index in [1.54, 1.807) is 13.0 Å². The number of nitrogens with one attached hydrogen (secondary N) is 1. The number of hydrogen-bond donors (Lipinski definition) is 1. The molecule has 25 heavy (non-hydrogen) atoms. The summed E-state index contributed by atoms with van der Waals surface area (Å²) < 4.78 is 36.5. The van der Waals surface area contributed by atoms with E-state index in [4.69, 9.17) is 9.47 Å². The molecule has 8 nitrogen and oxygen atoms in total. The number of aryl methyl sites for hydroxylation is 2. The predicted molar refractivity (Wildman–Crippen MR) is 89.5 cm³/mol. The topological polar surface area (TPSA) is 102 Å².